The van der Waals surface area contributed by atoms with Gasteiger partial charge in [0.05, 0.1) is 23.7 Å². The van der Waals surface area contributed by atoms with Crippen LogP contribution in [0.2, 0.25) is 0 Å². The fraction of sp³-hybridized carbons (Fsp3) is 0.538. The molecule has 1 aromatic rings. The molecule has 3 unspecified atom stereocenters. The fourth-order valence-electron chi connectivity index (χ4n) is 3.15. The van der Waals surface area contributed by atoms with Gasteiger partial charge in [0.1, 0.15) is 0 Å². The standard InChI is InChI=1S/C13H17O3P/c1-9-13(12-7-5-4-6-8-12)10(2)15-17(14-9)16-11(13)3/h4-11H,1-3H3. The van der Waals surface area contributed by atoms with Crippen LogP contribution in [0.1, 0.15) is 26.3 Å². The van der Waals surface area contributed by atoms with Gasteiger partial charge in [-0.3, -0.25) is 0 Å². The number of hydrogen-bond donors (Lipinski definition) is 0. The first-order valence-corrected chi connectivity index (χ1v) is 7.11. The van der Waals surface area contributed by atoms with E-state index in [1.165, 1.54) is 5.56 Å². The van der Waals surface area contributed by atoms with Crippen molar-refractivity contribution in [2.75, 3.05) is 0 Å². The lowest BCUT2D eigenvalue weighted by Crippen LogP contribution is -2.61. The van der Waals surface area contributed by atoms with E-state index in [0.29, 0.717) is 0 Å². The van der Waals surface area contributed by atoms with Crippen LogP contribution in [0.3, 0.4) is 0 Å². The highest BCUT2D eigenvalue weighted by atomic mass is 31.2. The highest BCUT2D eigenvalue weighted by Gasteiger charge is 2.59. The first-order valence-electron chi connectivity index (χ1n) is 6.01. The van der Waals surface area contributed by atoms with Gasteiger partial charge in [-0.1, -0.05) is 30.3 Å². The molecule has 4 rings (SSSR count). The second-order valence-corrected chi connectivity index (χ2v) is 5.85. The normalized spacial score (nSPS) is 44.9. The minimum absolute atomic E-state index is 0.128. The van der Waals surface area contributed by atoms with Crippen molar-refractivity contribution < 1.29 is 13.6 Å². The molecule has 3 atom stereocenters. The first kappa shape index (κ1) is 11.6. The molecule has 17 heavy (non-hydrogen) atoms. The summed E-state index contributed by atoms with van der Waals surface area (Å²) >= 11 is 0. The molecule has 0 radical (unpaired) electrons. The largest absolute Gasteiger partial charge is 0.333 e. The Balaban J connectivity index is 2.12. The predicted molar refractivity (Wildman–Crippen MR) is 66.7 cm³/mol. The summed E-state index contributed by atoms with van der Waals surface area (Å²) in [6, 6.07) is 10.4. The van der Waals surface area contributed by atoms with E-state index < -0.39 is 8.60 Å². The van der Waals surface area contributed by atoms with Crippen molar-refractivity contribution in [1.29, 1.82) is 0 Å². The molecule has 0 saturated carbocycles. The summed E-state index contributed by atoms with van der Waals surface area (Å²) in [6.07, 6.45) is 0.385. The maximum absolute atomic E-state index is 5.80. The van der Waals surface area contributed by atoms with Gasteiger partial charge >= 0.3 is 8.60 Å². The van der Waals surface area contributed by atoms with Crippen molar-refractivity contribution in [3.8, 4) is 0 Å². The smallest absolute Gasteiger partial charge is 0.308 e. The minimum Gasteiger partial charge on any atom is -0.308 e. The number of benzene rings is 1. The molecule has 3 fully saturated rings. The first-order chi connectivity index (χ1) is 8.15. The number of hydrogen-bond acceptors (Lipinski definition) is 3. The van der Waals surface area contributed by atoms with E-state index in [1.54, 1.807) is 0 Å². The average Bonchev–Trinajstić information content (AvgIpc) is 2.29. The molecule has 4 heteroatoms. The van der Waals surface area contributed by atoms with Gasteiger partial charge in [0.25, 0.3) is 0 Å². The summed E-state index contributed by atoms with van der Waals surface area (Å²) in [5.41, 5.74) is 1.04. The van der Waals surface area contributed by atoms with Crippen LogP contribution in [-0.2, 0) is 19.0 Å². The van der Waals surface area contributed by atoms with E-state index in [9.17, 15) is 0 Å². The van der Waals surface area contributed by atoms with E-state index in [0.717, 1.165) is 0 Å². The zero-order chi connectivity index (χ0) is 12.0. The lowest BCUT2D eigenvalue weighted by Gasteiger charge is -2.56. The summed E-state index contributed by atoms with van der Waals surface area (Å²) in [6.45, 7) is 6.38. The van der Waals surface area contributed by atoms with Gasteiger partial charge in [0.15, 0.2) is 0 Å². The van der Waals surface area contributed by atoms with Gasteiger partial charge in [-0.05, 0) is 26.3 Å². The summed E-state index contributed by atoms with van der Waals surface area (Å²) < 4.78 is 17.4. The van der Waals surface area contributed by atoms with Crippen LogP contribution in [0.5, 0.6) is 0 Å². The van der Waals surface area contributed by atoms with Crippen LogP contribution >= 0.6 is 8.60 Å². The highest BCUT2D eigenvalue weighted by molar-refractivity contribution is 7.42. The third kappa shape index (κ3) is 1.50. The molecule has 3 heterocycles. The Morgan fingerprint density at radius 3 is 1.82 bits per heavy atom. The zero-order valence-electron chi connectivity index (χ0n) is 10.3. The van der Waals surface area contributed by atoms with Gasteiger partial charge in [0, 0.05) is 0 Å². The second kappa shape index (κ2) is 4.03. The molecule has 0 aromatic heterocycles. The van der Waals surface area contributed by atoms with Crippen molar-refractivity contribution in [3.63, 3.8) is 0 Å². The van der Waals surface area contributed by atoms with Gasteiger partial charge in [-0.15, -0.1) is 0 Å². The maximum atomic E-state index is 5.80. The van der Waals surface area contributed by atoms with Crippen molar-refractivity contribution in [3.05, 3.63) is 35.9 Å². The maximum Gasteiger partial charge on any atom is 0.333 e. The lowest BCUT2D eigenvalue weighted by molar-refractivity contribution is -0.139. The van der Waals surface area contributed by atoms with E-state index >= 15 is 0 Å². The number of rotatable bonds is 1. The second-order valence-electron chi connectivity index (χ2n) is 4.77. The molecule has 92 valence electrons. The molecular weight excluding hydrogens is 235 g/mol. The monoisotopic (exact) mass is 252 g/mol. The Bertz CT molecular complexity index is 377. The van der Waals surface area contributed by atoms with Crippen molar-refractivity contribution in [2.45, 2.75) is 44.5 Å². The zero-order valence-corrected chi connectivity index (χ0v) is 11.2. The molecule has 0 N–H and O–H groups in total. The van der Waals surface area contributed by atoms with E-state index in [2.05, 4.69) is 45.0 Å². The van der Waals surface area contributed by atoms with Crippen LogP contribution in [0.4, 0.5) is 0 Å². The van der Waals surface area contributed by atoms with Gasteiger partial charge in [0.2, 0.25) is 0 Å². The molecule has 3 saturated heterocycles. The Morgan fingerprint density at radius 2 is 1.35 bits per heavy atom. The average molecular weight is 252 g/mol. The number of fused-ring (bicyclic) bond motifs is 3. The molecule has 1 aromatic carbocycles. The summed E-state index contributed by atoms with van der Waals surface area (Å²) in [5, 5.41) is 0. The van der Waals surface area contributed by atoms with Crippen LogP contribution in [0.25, 0.3) is 0 Å². The SMILES string of the molecule is CC1OP2OC(C)C1(c1ccccc1)C(C)O2. The van der Waals surface area contributed by atoms with E-state index in [1.807, 2.05) is 6.07 Å². The molecule has 3 aliphatic heterocycles. The van der Waals surface area contributed by atoms with Gasteiger partial charge < -0.3 is 13.6 Å². The third-order valence-electron chi connectivity index (χ3n) is 4.02. The Hall–Kier alpha value is -0.470. The Morgan fingerprint density at radius 1 is 0.882 bits per heavy atom. The van der Waals surface area contributed by atoms with Crippen molar-refractivity contribution >= 4 is 8.60 Å². The third-order valence-corrected chi connectivity index (χ3v) is 5.49. The molecule has 0 aliphatic carbocycles. The molecule has 3 aliphatic rings. The molecule has 3 nitrogen and oxygen atoms in total. The fourth-order valence-corrected chi connectivity index (χ4v) is 4.59. The molecule has 0 spiro atoms. The van der Waals surface area contributed by atoms with Crippen molar-refractivity contribution in [1.82, 2.24) is 0 Å². The summed E-state index contributed by atoms with van der Waals surface area (Å²) in [7, 11) is -1.14. The van der Waals surface area contributed by atoms with Crippen LogP contribution < -0.4 is 0 Å². The predicted octanol–water partition coefficient (Wildman–Crippen LogP) is 3.39. The molecular formula is C13H17O3P. The van der Waals surface area contributed by atoms with Crippen molar-refractivity contribution in [2.24, 2.45) is 0 Å². The summed E-state index contributed by atoms with van der Waals surface area (Å²) in [5.74, 6) is 0. The Kier molecular flexibility index (Phi) is 2.75. The van der Waals surface area contributed by atoms with Gasteiger partial charge in [-0.25, -0.2) is 0 Å². The van der Waals surface area contributed by atoms with Crippen LogP contribution in [-0.4, -0.2) is 18.3 Å². The highest BCUT2D eigenvalue weighted by Crippen LogP contribution is 2.62. The quantitative estimate of drug-likeness (QED) is 0.717. The Labute approximate surface area is 103 Å². The molecule has 2 bridgehead atoms. The van der Waals surface area contributed by atoms with Crippen LogP contribution in [0.15, 0.2) is 30.3 Å². The lowest BCUT2D eigenvalue weighted by atomic mass is 9.68. The van der Waals surface area contributed by atoms with Crippen LogP contribution in [0, 0.1) is 0 Å². The summed E-state index contributed by atoms with van der Waals surface area (Å²) in [4.78, 5) is 0. The molecule has 0 amide bonds. The minimum atomic E-state index is -1.14. The van der Waals surface area contributed by atoms with E-state index in [4.69, 9.17) is 13.6 Å². The van der Waals surface area contributed by atoms with Gasteiger partial charge in [-0.2, -0.15) is 0 Å². The topological polar surface area (TPSA) is 27.7 Å². The van der Waals surface area contributed by atoms with E-state index in [-0.39, 0.29) is 23.7 Å².